The predicted molar refractivity (Wildman–Crippen MR) is 115 cm³/mol. The fourth-order valence-corrected chi connectivity index (χ4v) is 4.35. The zero-order chi connectivity index (χ0) is 22.8. The highest BCUT2D eigenvalue weighted by Gasteiger charge is 2.37. The molecule has 8 nitrogen and oxygen atoms in total. The summed E-state index contributed by atoms with van der Waals surface area (Å²) >= 11 is 0. The lowest BCUT2D eigenvalue weighted by Gasteiger charge is -2.17. The fourth-order valence-electron chi connectivity index (χ4n) is 3.32. The third-order valence-electron chi connectivity index (χ3n) is 5.04. The van der Waals surface area contributed by atoms with Gasteiger partial charge in [0, 0.05) is 24.7 Å². The lowest BCUT2D eigenvalue weighted by molar-refractivity contribution is 0.0609. The number of benzene rings is 2. The highest BCUT2D eigenvalue weighted by atomic mass is 32.2. The Labute approximate surface area is 181 Å². The molecule has 3 rings (SSSR count). The lowest BCUT2D eigenvalue weighted by Crippen LogP contribution is -2.36. The van der Waals surface area contributed by atoms with Crippen LogP contribution in [-0.2, 0) is 16.4 Å². The average Bonchev–Trinajstić information content (AvgIpc) is 3.00. The van der Waals surface area contributed by atoms with Crippen LogP contribution >= 0.6 is 0 Å². The summed E-state index contributed by atoms with van der Waals surface area (Å²) in [6.07, 6.45) is 0.817. The quantitative estimate of drug-likeness (QED) is 0.478. The number of fused-ring (bicyclic) bond motifs is 1. The molecule has 1 aliphatic heterocycles. The minimum atomic E-state index is -3.67. The lowest BCUT2D eigenvalue weighted by atomic mass is 10.1. The number of imide groups is 1. The Hall–Kier alpha value is -3.04. The highest BCUT2D eigenvalue weighted by molar-refractivity contribution is 7.89. The number of carbonyl (C=O) groups excluding carboxylic acids is 3. The second kappa shape index (κ2) is 8.99. The Bertz CT molecular complexity index is 1120. The summed E-state index contributed by atoms with van der Waals surface area (Å²) in [4.78, 5) is 38.5. The molecule has 0 fully saturated rings. The zero-order valence-corrected chi connectivity index (χ0v) is 18.5. The van der Waals surface area contributed by atoms with E-state index in [9.17, 15) is 22.8 Å². The van der Waals surface area contributed by atoms with E-state index in [0.717, 1.165) is 16.9 Å². The topological polar surface area (TPSA) is 113 Å². The van der Waals surface area contributed by atoms with Crippen molar-refractivity contribution in [2.75, 3.05) is 13.1 Å². The number of sulfonamides is 1. The number of carbonyl (C=O) groups is 3. The smallest absolute Gasteiger partial charge is 0.261 e. The van der Waals surface area contributed by atoms with Crippen molar-refractivity contribution in [3.63, 3.8) is 0 Å². The maximum Gasteiger partial charge on any atom is 0.261 e. The summed E-state index contributed by atoms with van der Waals surface area (Å²) < 4.78 is 27.1. The summed E-state index contributed by atoms with van der Waals surface area (Å²) in [7, 11) is -3.67. The van der Waals surface area contributed by atoms with Crippen molar-refractivity contribution in [2.24, 2.45) is 0 Å². The molecule has 2 N–H and O–H groups in total. The standard InChI is InChI=1S/C22H25N3O5S/c1-4-15-5-8-17(9-6-15)31(29,30)24-12-11-23-20(26)16-7-10-18-19(13-16)22(28)25(14(2)3)21(18)27/h5-10,13-14,24H,4,11-12H2,1-3H3,(H,23,26). The molecule has 0 bridgehead atoms. The summed E-state index contributed by atoms with van der Waals surface area (Å²) in [5.74, 6) is -1.26. The van der Waals surface area contributed by atoms with Gasteiger partial charge in [0.05, 0.1) is 16.0 Å². The van der Waals surface area contributed by atoms with Crippen LogP contribution in [0.25, 0.3) is 0 Å². The van der Waals surface area contributed by atoms with Crippen molar-refractivity contribution in [1.29, 1.82) is 0 Å². The molecule has 2 aromatic rings. The molecule has 3 amide bonds. The van der Waals surface area contributed by atoms with E-state index in [4.69, 9.17) is 0 Å². The molecule has 0 saturated carbocycles. The normalized spacial score (nSPS) is 13.6. The minimum absolute atomic E-state index is 0.00703. The monoisotopic (exact) mass is 443 g/mol. The minimum Gasteiger partial charge on any atom is -0.351 e. The first-order valence-electron chi connectivity index (χ1n) is 10.0. The molecular formula is C22H25N3O5S. The van der Waals surface area contributed by atoms with E-state index in [2.05, 4.69) is 10.0 Å². The van der Waals surface area contributed by atoms with Crippen molar-refractivity contribution in [2.45, 2.75) is 38.1 Å². The van der Waals surface area contributed by atoms with Crippen LogP contribution in [0.1, 0.15) is 57.4 Å². The number of hydrogen-bond acceptors (Lipinski definition) is 5. The van der Waals surface area contributed by atoms with Crippen molar-refractivity contribution < 1.29 is 22.8 Å². The Morgan fingerprint density at radius 3 is 2.23 bits per heavy atom. The molecule has 1 heterocycles. The SMILES string of the molecule is CCc1ccc(S(=O)(=O)NCCNC(=O)c2ccc3c(c2)C(=O)N(C(C)C)C3=O)cc1. The van der Waals surface area contributed by atoms with Gasteiger partial charge >= 0.3 is 0 Å². The highest BCUT2D eigenvalue weighted by Crippen LogP contribution is 2.25. The summed E-state index contributed by atoms with van der Waals surface area (Å²) in [5, 5.41) is 2.62. The number of amides is 3. The van der Waals surface area contributed by atoms with Crippen LogP contribution in [-0.4, -0.2) is 50.2 Å². The van der Waals surface area contributed by atoms with Crippen molar-refractivity contribution >= 4 is 27.7 Å². The van der Waals surface area contributed by atoms with Gasteiger partial charge < -0.3 is 5.32 Å². The van der Waals surface area contributed by atoms with E-state index in [1.54, 1.807) is 38.1 Å². The predicted octanol–water partition coefficient (Wildman–Crippen LogP) is 1.96. The third-order valence-corrected chi connectivity index (χ3v) is 6.52. The van der Waals surface area contributed by atoms with E-state index in [1.807, 2.05) is 6.92 Å². The first kappa shape index (κ1) is 22.6. The van der Waals surface area contributed by atoms with Crippen LogP contribution in [0.15, 0.2) is 47.4 Å². The molecule has 9 heteroatoms. The number of aryl methyl sites for hydroxylation is 1. The summed E-state index contributed by atoms with van der Waals surface area (Å²) in [6, 6.07) is 10.7. The van der Waals surface area contributed by atoms with E-state index < -0.39 is 21.8 Å². The largest absolute Gasteiger partial charge is 0.351 e. The van der Waals surface area contributed by atoms with E-state index >= 15 is 0 Å². The van der Waals surface area contributed by atoms with Gasteiger partial charge in [-0.3, -0.25) is 19.3 Å². The molecule has 0 atom stereocenters. The molecule has 0 unspecified atom stereocenters. The Morgan fingerprint density at radius 1 is 0.968 bits per heavy atom. The van der Waals surface area contributed by atoms with Crippen LogP contribution < -0.4 is 10.0 Å². The number of hydrogen-bond donors (Lipinski definition) is 2. The average molecular weight is 444 g/mol. The first-order valence-corrected chi connectivity index (χ1v) is 11.5. The number of nitrogens with one attached hydrogen (secondary N) is 2. The number of nitrogens with zero attached hydrogens (tertiary/aromatic N) is 1. The Kier molecular flexibility index (Phi) is 6.56. The maximum absolute atomic E-state index is 12.5. The van der Waals surface area contributed by atoms with E-state index in [-0.39, 0.29) is 46.6 Å². The molecule has 2 aromatic carbocycles. The van der Waals surface area contributed by atoms with Crippen molar-refractivity contribution in [1.82, 2.24) is 14.9 Å². The van der Waals surface area contributed by atoms with Gasteiger partial charge in [-0.1, -0.05) is 19.1 Å². The molecule has 0 radical (unpaired) electrons. The van der Waals surface area contributed by atoms with Gasteiger partial charge in [0.15, 0.2) is 0 Å². The van der Waals surface area contributed by atoms with E-state index in [1.165, 1.54) is 18.2 Å². The second-order valence-electron chi connectivity index (χ2n) is 7.49. The van der Waals surface area contributed by atoms with Gasteiger partial charge in [0.2, 0.25) is 10.0 Å². The second-order valence-corrected chi connectivity index (χ2v) is 9.25. The Balaban J connectivity index is 1.58. The Morgan fingerprint density at radius 2 is 1.61 bits per heavy atom. The van der Waals surface area contributed by atoms with Gasteiger partial charge in [0.1, 0.15) is 0 Å². The number of rotatable bonds is 8. The van der Waals surface area contributed by atoms with Gasteiger partial charge in [-0.2, -0.15) is 0 Å². The summed E-state index contributed by atoms with van der Waals surface area (Å²) in [6.45, 7) is 5.54. The third kappa shape index (κ3) is 4.67. The molecule has 1 aliphatic rings. The molecular weight excluding hydrogens is 418 g/mol. The van der Waals surface area contributed by atoms with Crippen molar-refractivity contribution in [3.8, 4) is 0 Å². The maximum atomic E-state index is 12.5. The first-order chi connectivity index (χ1) is 14.7. The van der Waals surface area contributed by atoms with Crippen LogP contribution in [0.5, 0.6) is 0 Å². The molecule has 0 aromatic heterocycles. The van der Waals surface area contributed by atoms with Gasteiger partial charge in [-0.05, 0) is 56.2 Å². The molecule has 0 saturated heterocycles. The van der Waals surface area contributed by atoms with Crippen LogP contribution in [0.3, 0.4) is 0 Å². The van der Waals surface area contributed by atoms with Crippen LogP contribution in [0.2, 0.25) is 0 Å². The van der Waals surface area contributed by atoms with Gasteiger partial charge in [-0.15, -0.1) is 0 Å². The van der Waals surface area contributed by atoms with Crippen LogP contribution in [0, 0.1) is 0 Å². The van der Waals surface area contributed by atoms with Gasteiger partial charge in [0.25, 0.3) is 17.7 Å². The molecule has 0 aliphatic carbocycles. The van der Waals surface area contributed by atoms with E-state index in [0.29, 0.717) is 0 Å². The molecule has 164 valence electrons. The summed E-state index contributed by atoms with van der Waals surface area (Å²) in [5.41, 5.74) is 1.74. The molecule has 31 heavy (non-hydrogen) atoms. The fraction of sp³-hybridized carbons (Fsp3) is 0.318. The van der Waals surface area contributed by atoms with Crippen LogP contribution in [0.4, 0.5) is 0 Å². The van der Waals surface area contributed by atoms with Crippen molar-refractivity contribution in [3.05, 3.63) is 64.7 Å². The molecule has 0 spiro atoms. The van der Waals surface area contributed by atoms with Gasteiger partial charge in [-0.25, -0.2) is 13.1 Å². The zero-order valence-electron chi connectivity index (χ0n) is 17.6.